The highest BCUT2D eigenvalue weighted by molar-refractivity contribution is 5.73. The number of carbonyl (C=O) groups is 1. The molecule has 0 saturated carbocycles. The van der Waals surface area contributed by atoms with Gasteiger partial charge in [0.15, 0.2) is 23.1 Å². The van der Waals surface area contributed by atoms with Crippen LogP contribution in [-0.2, 0) is 17.6 Å². The maximum absolute atomic E-state index is 14.2. The van der Waals surface area contributed by atoms with Crippen LogP contribution in [0.2, 0.25) is 0 Å². The largest absolute Gasteiger partial charge is 0.492 e. The van der Waals surface area contributed by atoms with E-state index in [-0.39, 0.29) is 35.8 Å². The quantitative estimate of drug-likeness (QED) is 0.472. The minimum absolute atomic E-state index is 0.0518. The summed E-state index contributed by atoms with van der Waals surface area (Å²) in [7, 11) is 0. The van der Waals surface area contributed by atoms with E-state index in [1.165, 1.54) is 12.1 Å². The lowest BCUT2D eigenvalue weighted by Crippen LogP contribution is -2.32. The average molecular weight is 406 g/mol. The summed E-state index contributed by atoms with van der Waals surface area (Å²) in [5, 5.41) is 18.3. The van der Waals surface area contributed by atoms with E-state index in [0.717, 1.165) is 12.1 Å². The molecule has 0 radical (unpaired) electrons. The van der Waals surface area contributed by atoms with Gasteiger partial charge >= 0.3 is 11.7 Å². The van der Waals surface area contributed by atoms with Crippen LogP contribution < -0.4 is 16.2 Å². The topological polar surface area (TPSA) is 139 Å². The SMILES string of the molecule is NC(Cc1cc(F)c(Oc2ccc(Cc3oc(=O)[nH]c3O)cc2)c(F)c1)C(=O)O. The summed E-state index contributed by atoms with van der Waals surface area (Å²) in [6, 6.07) is 6.68. The molecule has 3 aromatic rings. The maximum Gasteiger partial charge on any atom is 0.419 e. The first-order valence-corrected chi connectivity index (χ1v) is 8.37. The van der Waals surface area contributed by atoms with Gasteiger partial charge in [-0.15, -0.1) is 0 Å². The normalized spacial score (nSPS) is 12.0. The number of H-pyrrole nitrogens is 1. The van der Waals surface area contributed by atoms with Crippen LogP contribution in [0.5, 0.6) is 17.4 Å². The number of oxazole rings is 1. The first-order valence-electron chi connectivity index (χ1n) is 8.37. The van der Waals surface area contributed by atoms with E-state index in [9.17, 15) is 23.5 Å². The Morgan fingerprint density at radius 2 is 1.79 bits per heavy atom. The monoisotopic (exact) mass is 406 g/mol. The van der Waals surface area contributed by atoms with Gasteiger partial charge in [-0.25, -0.2) is 13.6 Å². The van der Waals surface area contributed by atoms with Gasteiger partial charge in [-0.3, -0.25) is 9.78 Å². The fourth-order valence-electron chi connectivity index (χ4n) is 2.62. The Bertz CT molecular complexity index is 1070. The van der Waals surface area contributed by atoms with Crippen LogP contribution in [0.3, 0.4) is 0 Å². The van der Waals surface area contributed by atoms with Crippen LogP contribution >= 0.6 is 0 Å². The Morgan fingerprint density at radius 3 is 2.31 bits per heavy atom. The van der Waals surface area contributed by atoms with Crippen molar-refractivity contribution in [3.63, 3.8) is 0 Å². The van der Waals surface area contributed by atoms with Gasteiger partial charge in [0, 0.05) is 6.42 Å². The number of aromatic amines is 1. The molecule has 5 N–H and O–H groups in total. The molecule has 0 aliphatic carbocycles. The first kappa shape index (κ1) is 20.1. The number of nitrogens with one attached hydrogen (secondary N) is 1. The van der Waals surface area contributed by atoms with Crippen molar-refractivity contribution in [3.8, 4) is 17.4 Å². The molecule has 1 atom stereocenters. The van der Waals surface area contributed by atoms with Crippen molar-refractivity contribution in [1.82, 2.24) is 4.98 Å². The number of aromatic hydroxyl groups is 1. The number of benzene rings is 2. The standard InChI is InChI=1S/C19H16F2N2O6/c20-12-5-10(7-14(22)18(25)26)6-13(21)16(12)28-11-3-1-9(2-4-11)8-15-17(24)23-19(27)29-15/h1-6,14,24H,7-8,22H2,(H,23,27)(H,25,26). The number of nitrogens with two attached hydrogens (primary N) is 1. The highest BCUT2D eigenvalue weighted by Gasteiger charge is 2.18. The van der Waals surface area contributed by atoms with Crippen molar-refractivity contribution in [2.24, 2.45) is 5.73 Å². The van der Waals surface area contributed by atoms with Gasteiger partial charge in [-0.1, -0.05) is 12.1 Å². The molecule has 1 unspecified atom stereocenters. The van der Waals surface area contributed by atoms with Crippen molar-refractivity contribution in [1.29, 1.82) is 0 Å². The number of carboxylic acids is 1. The zero-order valence-electron chi connectivity index (χ0n) is 14.8. The molecule has 3 rings (SSSR count). The van der Waals surface area contributed by atoms with E-state index in [1.807, 2.05) is 0 Å². The van der Waals surface area contributed by atoms with Gasteiger partial charge in [0.25, 0.3) is 0 Å². The van der Waals surface area contributed by atoms with Crippen LogP contribution in [-0.4, -0.2) is 27.2 Å². The van der Waals surface area contributed by atoms with Crippen molar-refractivity contribution in [2.75, 3.05) is 0 Å². The molecule has 1 aromatic heterocycles. The third kappa shape index (κ3) is 4.79. The summed E-state index contributed by atoms with van der Waals surface area (Å²) in [6.45, 7) is 0. The summed E-state index contributed by atoms with van der Waals surface area (Å²) in [4.78, 5) is 23.9. The Morgan fingerprint density at radius 1 is 1.17 bits per heavy atom. The number of aromatic nitrogens is 1. The first-order chi connectivity index (χ1) is 13.7. The second kappa shape index (κ2) is 8.15. The Hall–Kier alpha value is -3.66. The molecule has 8 nitrogen and oxygen atoms in total. The molecule has 29 heavy (non-hydrogen) atoms. The van der Waals surface area contributed by atoms with Gasteiger partial charge in [0.2, 0.25) is 5.88 Å². The van der Waals surface area contributed by atoms with Crippen LogP contribution in [0, 0.1) is 11.6 Å². The Kier molecular flexibility index (Phi) is 5.64. The lowest BCUT2D eigenvalue weighted by molar-refractivity contribution is -0.138. The fourth-order valence-corrected chi connectivity index (χ4v) is 2.62. The van der Waals surface area contributed by atoms with E-state index in [1.54, 1.807) is 12.1 Å². The summed E-state index contributed by atoms with van der Waals surface area (Å²) < 4.78 is 38.5. The minimum Gasteiger partial charge on any atom is -0.492 e. The summed E-state index contributed by atoms with van der Waals surface area (Å²) >= 11 is 0. The van der Waals surface area contributed by atoms with Crippen LogP contribution in [0.25, 0.3) is 0 Å². The minimum atomic E-state index is -1.28. The second-order valence-electron chi connectivity index (χ2n) is 6.25. The van der Waals surface area contributed by atoms with Crippen LogP contribution in [0.4, 0.5) is 8.78 Å². The predicted octanol–water partition coefficient (Wildman–Crippen LogP) is 2.29. The Balaban J connectivity index is 1.73. The highest BCUT2D eigenvalue weighted by atomic mass is 19.1. The molecule has 152 valence electrons. The molecule has 0 fully saturated rings. The molecule has 0 saturated heterocycles. The van der Waals surface area contributed by atoms with Crippen LogP contribution in [0.15, 0.2) is 45.6 Å². The lowest BCUT2D eigenvalue weighted by Gasteiger charge is -2.11. The molecule has 10 heteroatoms. The number of carboxylic acid groups (broad SMARTS) is 1. The van der Waals surface area contributed by atoms with E-state index in [4.69, 9.17) is 20.0 Å². The predicted molar refractivity (Wildman–Crippen MR) is 96.0 cm³/mol. The highest BCUT2D eigenvalue weighted by Crippen LogP contribution is 2.29. The van der Waals surface area contributed by atoms with E-state index >= 15 is 0 Å². The summed E-state index contributed by atoms with van der Waals surface area (Å²) in [6.07, 6.45) is -0.119. The zero-order valence-corrected chi connectivity index (χ0v) is 14.8. The van der Waals surface area contributed by atoms with Crippen molar-refractivity contribution < 1.29 is 32.9 Å². The van der Waals surface area contributed by atoms with Gasteiger partial charge in [0.05, 0.1) is 0 Å². The van der Waals surface area contributed by atoms with Gasteiger partial charge in [-0.05, 0) is 41.8 Å². The van der Waals surface area contributed by atoms with Crippen molar-refractivity contribution in [2.45, 2.75) is 18.9 Å². The molecule has 0 amide bonds. The third-order valence-electron chi connectivity index (χ3n) is 4.04. The van der Waals surface area contributed by atoms with Gasteiger partial charge < -0.3 is 25.1 Å². The maximum atomic E-state index is 14.2. The molecule has 2 aromatic carbocycles. The number of halogens is 2. The number of ether oxygens (including phenoxy) is 1. The molecule has 0 spiro atoms. The average Bonchev–Trinajstić information content (AvgIpc) is 2.96. The summed E-state index contributed by atoms with van der Waals surface area (Å²) in [5.41, 5.74) is 6.11. The van der Waals surface area contributed by atoms with E-state index in [0.29, 0.717) is 5.56 Å². The van der Waals surface area contributed by atoms with Gasteiger partial charge in [-0.2, -0.15) is 0 Å². The summed E-state index contributed by atoms with van der Waals surface area (Å²) in [5.74, 6) is -4.88. The van der Waals surface area contributed by atoms with Gasteiger partial charge in [0.1, 0.15) is 11.8 Å². The zero-order chi connectivity index (χ0) is 21.1. The number of rotatable bonds is 7. The van der Waals surface area contributed by atoms with Crippen molar-refractivity contribution in [3.05, 3.63) is 75.5 Å². The number of hydrogen-bond acceptors (Lipinski definition) is 6. The second-order valence-corrected chi connectivity index (χ2v) is 6.25. The molecule has 0 aliphatic heterocycles. The molecule has 1 heterocycles. The molecule has 0 bridgehead atoms. The smallest absolute Gasteiger partial charge is 0.419 e. The van der Waals surface area contributed by atoms with Crippen molar-refractivity contribution >= 4 is 5.97 Å². The molecular weight excluding hydrogens is 390 g/mol. The van der Waals surface area contributed by atoms with Crippen LogP contribution in [0.1, 0.15) is 16.9 Å². The third-order valence-corrected chi connectivity index (χ3v) is 4.04. The number of aliphatic carboxylic acids is 1. The van der Waals surface area contributed by atoms with E-state index in [2.05, 4.69) is 4.98 Å². The lowest BCUT2D eigenvalue weighted by atomic mass is 10.1. The molecular formula is C19H16F2N2O6. The number of hydrogen-bond donors (Lipinski definition) is 4. The van der Waals surface area contributed by atoms with E-state index < -0.39 is 35.2 Å². The Labute approximate surface area is 162 Å². The molecule has 0 aliphatic rings. The fraction of sp³-hybridized carbons (Fsp3) is 0.158.